The molecule has 23 heavy (non-hydrogen) atoms. The minimum Gasteiger partial charge on any atom is -0.493 e. The van der Waals surface area contributed by atoms with Crippen LogP contribution < -0.4 is 25.8 Å². The summed E-state index contributed by atoms with van der Waals surface area (Å²) in [6.45, 7) is -2.07. The lowest BCUT2D eigenvalue weighted by atomic mass is 10.2. The van der Waals surface area contributed by atoms with Crippen LogP contribution in [0.3, 0.4) is 0 Å². The number of carbonyl (C=O) groups excluding carboxylic acids is 2. The zero-order chi connectivity index (χ0) is 17.5. The topological polar surface area (TPSA) is 103 Å². The standard InChI is InChI=1S/C13H16F3N3O4/c1-22-9-3-2-8(4-10(9)23-7-13(14,15)16)19-12(21)6-18-11(20)5-17/h2-4H,5-7,17H2,1H3,(H,18,20)(H,19,21). The van der Waals surface area contributed by atoms with Crippen LogP contribution in [0.5, 0.6) is 11.5 Å². The third-order valence-corrected chi connectivity index (χ3v) is 2.47. The number of alkyl halides is 3. The maximum atomic E-state index is 12.2. The first kappa shape index (κ1) is 18.6. The fourth-order valence-electron chi connectivity index (χ4n) is 1.48. The molecule has 0 atom stereocenters. The summed E-state index contributed by atoms with van der Waals surface area (Å²) >= 11 is 0. The molecule has 0 aromatic heterocycles. The second kappa shape index (κ2) is 8.22. The number of carbonyl (C=O) groups is 2. The quantitative estimate of drug-likeness (QED) is 0.679. The molecule has 0 aliphatic carbocycles. The number of hydrogen-bond acceptors (Lipinski definition) is 5. The van der Waals surface area contributed by atoms with E-state index in [9.17, 15) is 22.8 Å². The van der Waals surface area contributed by atoms with Gasteiger partial charge in [-0.25, -0.2) is 0 Å². The first-order valence-electron chi connectivity index (χ1n) is 6.39. The first-order valence-corrected chi connectivity index (χ1v) is 6.39. The minimum absolute atomic E-state index is 0.0867. The van der Waals surface area contributed by atoms with Crippen molar-refractivity contribution in [1.82, 2.24) is 5.32 Å². The van der Waals surface area contributed by atoms with E-state index in [0.717, 1.165) is 0 Å². The Bertz CT molecular complexity index is 564. The number of ether oxygens (including phenoxy) is 2. The number of anilines is 1. The zero-order valence-corrected chi connectivity index (χ0v) is 12.2. The fourth-order valence-corrected chi connectivity index (χ4v) is 1.48. The van der Waals surface area contributed by atoms with Gasteiger partial charge in [0, 0.05) is 11.8 Å². The third-order valence-electron chi connectivity index (χ3n) is 2.47. The Morgan fingerprint density at radius 2 is 1.91 bits per heavy atom. The molecule has 0 radical (unpaired) electrons. The van der Waals surface area contributed by atoms with Crippen molar-refractivity contribution in [3.05, 3.63) is 18.2 Å². The maximum Gasteiger partial charge on any atom is 0.422 e. The van der Waals surface area contributed by atoms with Gasteiger partial charge >= 0.3 is 6.18 Å². The van der Waals surface area contributed by atoms with Gasteiger partial charge in [-0.2, -0.15) is 13.2 Å². The molecule has 1 aromatic rings. The van der Waals surface area contributed by atoms with Crippen LogP contribution in [0, 0.1) is 0 Å². The first-order chi connectivity index (χ1) is 10.7. The summed E-state index contributed by atoms with van der Waals surface area (Å²) < 4.78 is 46.2. The average Bonchev–Trinajstić information content (AvgIpc) is 2.50. The van der Waals surface area contributed by atoms with Crippen LogP contribution in [0.4, 0.5) is 18.9 Å². The largest absolute Gasteiger partial charge is 0.493 e. The molecular formula is C13H16F3N3O4. The van der Waals surface area contributed by atoms with E-state index in [2.05, 4.69) is 15.4 Å². The molecule has 10 heteroatoms. The van der Waals surface area contributed by atoms with Crippen LogP contribution >= 0.6 is 0 Å². The molecule has 0 aliphatic heterocycles. The van der Waals surface area contributed by atoms with Crippen LogP contribution in [0.25, 0.3) is 0 Å². The Balaban J connectivity index is 2.72. The Kier molecular flexibility index (Phi) is 6.64. The van der Waals surface area contributed by atoms with Crippen LogP contribution in [0.2, 0.25) is 0 Å². The van der Waals surface area contributed by atoms with Gasteiger partial charge in [0.2, 0.25) is 11.8 Å². The molecule has 0 saturated heterocycles. The molecular weight excluding hydrogens is 319 g/mol. The molecule has 0 unspecified atom stereocenters. The number of halogens is 3. The molecule has 4 N–H and O–H groups in total. The molecule has 7 nitrogen and oxygen atoms in total. The van der Waals surface area contributed by atoms with Crippen molar-refractivity contribution in [2.45, 2.75) is 6.18 Å². The van der Waals surface area contributed by atoms with Gasteiger partial charge in [0.25, 0.3) is 0 Å². The second-order valence-corrected chi connectivity index (χ2v) is 4.30. The molecule has 1 aromatic carbocycles. The van der Waals surface area contributed by atoms with Crippen molar-refractivity contribution in [1.29, 1.82) is 0 Å². The van der Waals surface area contributed by atoms with Crippen LogP contribution in [-0.4, -0.2) is 44.8 Å². The summed E-state index contributed by atoms with van der Waals surface area (Å²) in [5, 5.41) is 4.65. The highest BCUT2D eigenvalue weighted by Gasteiger charge is 2.29. The van der Waals surface area contributed by atoms with Crippen molar-refractivity contribution in [3.8, 4) is 11.5 Å². The number of benzene rings is 1. The van der Waals surface area contributed by atoms with Crippen molar-refractivity contribution < 1.29 is 32.2 Å². The van der Waals surface area contributed by atoms with E-state index >= 15 is 0 Å². The van der Waals surface area contributed by atoms with Crippen molar-refractivity contribution in [2.24, 2.45) is 5.73 Å². The molecule has 0 heterocycles. The number of methoxy groups -OCH3 is 1. The lowest BCUT2D eigenvalue weighted by Crippen LogP contribution is -2.36. The smallest absolute Gasteiger partial charge is 0.422 e. The van der Waals surface area contributed by atoms with Gasteiger partial charge in [0.15, 0.2) is 18.1 Å². The molecule has 2 amide bonds. The molecule has 1 rings (SSSR count). The van der Waals surface area contributed by atoms with Gasteiger partial charge < -0.3 is 25.8 Å². The van der Waals surface area contributed by atoms with Gasteiger partial charge in [-0.1, -0.05) is 0 Å². The Labute approximate surface area is 129 Å². The number of nitrogens with two attached hydrogens (primary N) is 1. The van der Waals surface area contributed by atoms with Crippen LogP contribution in [0.1, 0.15) is 0 Å². The van der Waals surface area contributed by atoms with E-state index in [1.807, 2.05) is 0 Å². The van der Waals surface area contributed by atoms with E-state index < -0.39 is 24.6 Å². The number of amides is 2. The number of hydrogen-bond donors (Lipinski definition) is 3. The number of rotatable bonds is 7. The van der Waals surface area contributed by atoms with Crippen molar-refractivity contribution in [2.75, 3.05) is 32.1 Å². The average molecular weight is 335 g/mol. The molecule has 128 valence electrons. The summed E-state index contributed by atoms with van der Waals surface area (Å²) in [7, 11) is 1.27. The van der Waals surface area contributed by atoms with Crippen LogP contribution in [-0.2, 0) is 9.59 Å². The van der Waals surface area contributed by atoms with E-state index in [1.54, 1.807) is 0 Å². The van der Waals surface area contributed by atoms with Crippen LogP contribution in [0.15, 0.2) is 18.2 Å². The van der Waals surface area contributed by atoms with Gasteiger partial charge in [-0.15, -0.1) is 0 Å². The normalized spacial score (nSPS) is 10.8. The molecule has 0 aliphatic rings. The van der Waals surface area contributed by atoms with E-state index in [1.165, 1.54) is 25.3 Å². The van der Waals surface area contributed by atoms with Gasteiger partial charge in [-0.05, 0) is 12.1 Å². The predicted octanol–water partition coefficient (Wildman–Crippen LogP) is 0.650. The van der Waals surface area contributed by atoms with E-state index in [-0.39, 0.29) is 30.3 Å². The summed E-state index contributed by atoms with van der Waals surface area (Å²) in [6.07, 6.45) is -4.50. The second-order valence-electron chi connectivity index (χ2n) is 4.30. The fraction of sp³-hybridized carbons (Fsp3) is 0.385. The van der Waals surface area contributed by atoms with Gasteiger partial charge in [-0.3, -0.25) is 9.59 Å². The summed E-state index contributed by atoms with van der Waals surface area (Å²) in [6, 6.07) is 3.95. The van der Waals surface area contributed by atoms with Gasteiger partial charge in [0.1, 0.15) is 0 Å². The maximum absolute atomic E-state index is 12.2. The summed E-state index contributed by atoms with van der Waals surface area (Å²) in [5.41, 5.74) is 5.25. The highest BCUT2D eigenvalue weighted by atomic mass is 19.4. The highest BCUT2D eigenvalue weighted by Crippen LogP contribution is 2.31. The highest BCUT2D eigenvalue weighted by molar-refractivity contribution is 5.94. The van der Waals surface area contributed by atoms with Crippen molar-refractivity contribution >= 4 is 17.5 Å². The Morgan fingerprint density at radius 1 is 1.22 bits per heavy atom. The van der Waals surface area contributed by atoms with E-state index in [0.29, 0.717) is 0 Å². The number of nitrogens with one attached hydrogen (secondary N) is 2. The molecule has 0 spiro atoms. The van der Waals surface area contributed by atoms with Crippen molar-refractivity contribution in [3.63, 3.8) is 0 Å². The van der Waals surface area contributed by atoms with E-state index in [4.69, 9.17) is 10.5 Å². The molecule has 0 fully saturated rings. The lowest BCUT2D eigenvalue weighted by Gasteiger charge is -2.14. The predicted molar refractivity (Wildman–Crippen MR) is 75.2 cm³/mol. The summed E-state index contributed by atoms with van der Waals surface area (Å²) in [5.74, 6) is -1.17. The zero-order valence-electron chi connectivity index (χ0n) is 12.2. The minimum atomic E-state index is -4.50. The molecule has 0 saturated carbocycles. The summed E-state index contributed by atoms with van der Waals surface area (Å²) in [4.78, 5) is 22.5. The van der Waals surface area contributed by atoms with Gasteiger partial charge in [0.05, 0.1) is 20.2 Å². The molecule has 0 bridgehead atoms. The lowest BCUT2D eigenvalue weighted by molar-refractivity contribution is -0.153. The monoisotopic (exact) mass is 335 g/mol. The Morgan fingerprint density at radius 3 is 2.48 bits per heavy atom. The Hall–Kier alpha value is -2.49. The SMILES string of the molecule is COc1ccc(NC(=O)CNC(=O)CN)cc1OCC(F)(F)F. The third kappa shape index (κ3) is 6.87.